The normalized spacial score (nSPS) is 15.3. The van der Waals surface area contributed by atoms with Crippen molar-refractivity contribution in [3.05, 3.63) is 35.5 Å². The fourth-order valence-electron chi connectivity index (χ4n) is 2.76. The summed E-state index contributed by atoms with van der Waals surface area (Å²) in [6, 6.07) is 6.02. The van der Waals surface area contributed by atoms with Gasteiger partial charge < -0.3 is 15.5 Å². The zero-order valence-corrected chi connectivity index (χ0v) is 15.3. The molecule has 0 saturated carbocycles. The molecule has 1 aliphatic rings. The quantitative estimate of drug-likeness (QED) is 0.778. The van der Waals surface area contributed by atoms with E-state index in [2.05, 4.69) is 36.5 Å². The van der Waals surface area contributed by atoms with Crippen LogP contribution in [0.5, 0.6) is 0 Å². The summed E-state index contributed by atoms with van der Waals surface area (Å²) < 4.78 is 0. The molecule has 8 heteroatoms. The lowest BCUT2D eigenvalue weighted by Gasteiger charge is -2.35. The maximum Gasteiger partial charge on any atom is 0.227 e. The van der Waals surface area contributed by atoms with Gasteiger partial charge in [0.2, 0.25) is 5.91 Å². The van der Waals surface area contributed by atoms with E-state index in [4.69, 9.17) is 0 Å². The standard InChI is InChI=1S/C17H24N6OS/c1-18-7-5-16(24)21-17-20-14(13-25-17)12-22-8-10-23(11-9-22)15-4-2-3-6-19-15/h2-4,6,13,18H,5,7-12H2,1H3,(H,20,21,24). The number of hydrogen-bond acceptors (Lipinski definition) is 7. The van der Waals surface area contributed by atoms with Crippen LogP contribution >= 0.6 is 11.3 Å². The van der Waals surface area contributed by atoms with Gasteiger partial charge in [-0.05, 0) is 19.2 Å². The van der Waals surface area contributed by atoms with Crippen molar-refractivity contribution >= 4 is 28.2 Å². The highest BCUT2D eigenvalue weighted by Gasteiger charge is 2.18. The number of hydrogen-bond donors (Lipinski definition) is 2. The number of aromatic nitrogens is 2. The van der Waals surface area contributed by atoms with E-state index in [-0.39, 0.29) is 5.91 Å². The van der Waals surface area contributed by atoms with Gasteiger partial charge in [0, 0.05) is 57.3 Å². The zero-order chi connectivity index (χ0) is 17.5. The highest BCUT2D eigenvalue weighted by molar-refractivity contribution is 7.13. The first kappa shape index (κ1) is 17.8. The van der Waals surface area contributed by atoms with Crippen LogP contribution in [0, 0.1) is 0 Å². The average molecular weight is 360 g/mol. The molecule has 0 unspecified atom stereocenters. The van der Waals surface area contributed by atoms with E-state index in [1.165, 1.54) is 11.3 Å². The van der Waals surface area contributed by atoms with Crippen molar-refractivity contribution in [1.29, 1.82) is 0 Å². The number of amides is 1. The number of nitrogens with zero attached hydrogens (tertiary/aromatic N) is 4. The molecule has 1 saturated heterocycles. The maximum absolute atomic E-state index is 11.7. The molecule has 1 aliphatic heterocycles. The molecule has 2 aromatic heterocycles. The molecule has 2 aromatic rings. The van der Waals surface area contributed by atoms with Gasteiger partial charge >= 0.3 is 0 Å². The van der Waals surface area contributed by atoms with Gasteiger partial charge in [-0.2, -0.15) is 0 Å². The molecule has 0 radical (unpaired) electrons. The minimum Gasteiger partial charge on any atom is -0.354 e. The number of thiazole rings is 1. The number of carbonyl (C=O) groups is 1. The largest absolute Gasteiger partial charge is 0.354 e. The van der Waals surface area contributed by atoms with E-state index in [1.807, 2.05) is 30.8 Å². The first-order valence-corrected chi connectivity index (χ1v) is 9.40. The maximum atomic E-state index is 11.7. The number of piperazine rings is 1. The molecule has 1 amide bonds. The lowest BCUT2D eigenvalue weighted by molar-refractivity contribution is -0.116. The Labute approximate surface area is 152 Å². The Morgan fingerprint density at radius 2 is 2.12 bits per heavy atom. The van der Waals surface area contributed by atoms with Crippen LogP contribution in [-0.2, 0) is 11.3 Å². The van der Waals surface area contributed by atoms with Crippen molar-refractivity contribution in [2.24, 2.45) is 0 Å². The van der Waals surface area contributed by atoms with Crippen LogP contribution in [0.25, 0.3) is 0 Å². The van der Waals surface area contributed by atoms with Crippen molar-refractivity contribution < 1.29 is 4.79 Å². The Bertz CT molecular complexity index is 669. The topological polar surface area (TPSA) is 73.4 Å². The van der Waals surface area contributed by atoms with Crippen LogP contribution in [0.2, 0.25) is 0 Å². The van der Waals surface area contributed by atoms with Gasteiger partial charge in [-0.15, -0.1) is 11.3 Å². The van der Waals surface area contributed by atoms with Crippen LogP contribution in [0.1, 0.15) is 12.1 Å². The summed E-state index contributed by atoms with van der Waals surface area (Å²) in [5.74, 6) is 1.04. The summed E-state index contributed by atoms with van der Waals surface area (Å²) in [5, 5.41) is 8.53. The second kappa shape index (κ2) is 8.89. The average Bonchev–Trinajstić information content (AvgIpc) is 3.08. The van der Waals surface area contributed by atoms with Gasteiger partial charge in [0.25, 0.3) is 0 Å². The van der Waals surface area contributed by atoms with E-state index in [1.54, 1.807) is 0 Å². The predicted molar refractivity (Wildman–Crippen MR) is 101 cm³/mol. The summed E-state index contributed by atoms with van der Waals surface area (Å²) in [7, 11) is 1.84. The fourth-order valence-corrected chi connectivity index (χ4v) is 3.48. The molecule has 2 N–H and O–H groups in total. The van der Waals surface area contributed by atoms with E-state index >= 15 is 0 Å². The Morgan fingerprint density at radius 1 is 1.28 bits per heavy atom. The molecule has 7 nitrogen and oxygen atoms in total. The van der Waals surface area contributed by atoms with E-state index in [0.29, 0.717) is 18.1 Å². The SMILES string of the molecule is CNCCC(=O)Nc1nc(CN2CCN(c3ccccn3)CC2)cs1. The van der Waals surface area contributed by atoms with Gasteiger partial charge in [-0.3, -0.25) is 9.69 Å². The zero-order valence-electron chi connectivity index (χ0n) is 14.4. The number of anilines is 2. The molecule has 1 fully saturated rings. The van der Waals surface area contributed by atoms with Crippen molar-refractivity contribution in [3.8, 4) is 0 Å². The lowest BCUT2D eigenvalue weighted by atomic mass is 10.3. The Morgan fingerprint density at radius 3 is 2.84 bits per heavy atom. The molecule has 0 spiro atoms. The van der Waals surface area contributed by atoms with Crippen LogP contribution in [0.3, 0.4) is 0 Å². The van der Waals surface area contributed by atoms with Crippen molar-refractivity contribution in [1.82, 2.24) is 20.2 Å². The summed E-state index contributed by atoms with van der Waals surface area (Å²) in [4.78, 5) is 25.4. The monoisotopic (exact) mass is 360 g/mol. The van der Waals surface area contributed by atoms with Crippen LogP contribution in [0.15, 0.2) is 29.8 Å². The van der Waals surface area contributed by atoms with Gasteiger partial charge in [-0.1, -0.05) is 6.07 Å². The highest BCUT2D eigenvalue weighted by atomic mass is 32.1. The molecule has 3 rings (SSSR count). The third-order valence-corrected chi connectivity index (χ3v) is 4.94. The summed E-state index contributed by atoms with van der Waals surface area (Å²) in [5.41, 5.74) is 1.01. The van der Waals surface area contributed by atoms with Crippen LogP contribution in [0.4, 0.5) is 10.9 Å². The smallest absolute Gasteiger partial charge is 0.227 e. The predicted octanol–water partition coefficient (Wildman–Crippen LogP) is 1.41. The first-order chi connectivity index (χ1) is 12.2. The Hall–Kier alpha value is -2.03. The van der Waals surface area contributed by atoms with Crippen LogP contribution < -0.4 is 15.5 Å². The molecule has 0 atom stereocenters. The van der Waals surface area contributed by atoms with E-state index in [9.17, 15) is 4.79 Å². The molecule has 25 heavy (non-hydrogen) atoms. The van der Waals surface area contributed by atoms with Crippen molar-refractivity contribution in [3.63, 3.8) is 0 Å². The second-order valence-electron chi connectivity index (χ2n) is 6.00. The van der Waals surface area contributed by atoms with Gasteiger partial charge in [0.15, 0.2) is 5.13 Å². The lowest BCUT2D eigenvalue weighted by Crippen LogP contribution is -2.46. The Kier molecular flexibility index (Phi) is 6.32. The second-order valence-corrected chi connectivity index (χ2v) is 6.85. The molecule has 3 heterocycles. The minimum atomic E-state index is -0.000717. The fraction of sp³-hybridized carbons (Fsp3) is 0.471. The molecule has 134 valence electrons. The van der Waals surface area contributed by atoms with Gasteiger partial charge in [0.05, 0.1) is 5.69 Å². The number of carbonyl (C=O) groups excluding carboxylic acids is 1. The van der Waals surface area contributed by atoms with Gasteiger partial charge in [0.1, 0.15) is 5.82 Å². The first-order valence-electron chi connectivity index (χ1n) is 8.52. The van der Waals surface area contributed by atoms with Crippen LogP contribution in [-0.4, -0.2) is 60.5 Å². The minimum absolute atomic E-state index is 0.000717. The highest BCUT2D eigenvalue weighted by Crippen LogP contribution is 2.18. The summed E-state index contributed by atoms with van der Waals surface area (Å²) in [6.45, 7) is 5.39. The number of nitrogens with one attached hydrogen (secondary N) is 2. The molecular weight excluding hydrogens is 336 g/mol. The van der Waals surface area contributed by atoms with E-state index < -0.39 is 0 Å². The number of pyridine rings is 1. The molecule has 0 bridgehead atoms. The van der Waals surface area contributed by atoms with Gasteiger partial charge in [-0.25, -0.2) is 9.97 Å². The van der Waals surface area contributed by atoms with Crippen molar-refractivity contribution in [2.75, 3.05) is 50.0 Å². The summed E-state index contributed by atoms with van der Waals surface area (Å²) in [6.07, 6.45) is 2.30. The molecular formula is C17H24N6OS. The third-order valence-electron chi connectivity index (χ3n) is 4.13. The van der Waals surface area contributed by atoms with Crippen molar-refractivity contribution in [2.45, 2.75) is 13.0 Å². The molecule has 0 aliphatic carbocycles. The Balaban J connectivity index is 1.45. The summed E-state index contributed by atoms with van der Waals surface area (Å²) >= 11 is 1.49. The molecule has 0 aromatic carbocycles. The van der Waals surface area contributed by atoms with E-state index in [0.717, 1.165) is 44.2 Å². The third kappa shape index (κ3) is 5.22. The number of rotatable bonds is 7.